The zero-order valence-corrected chi connectivity index (χ0v) is 23.6. The Morgan fingerprint density at radius 3 is 2.68 bits per heavy atom. The van der Waals surface area contributed by atoms with Gasteiger partial charge in [-0.2, -0.15) is 5.26 Å². The number of carbonyl (C=O) groups is 2. The summed E-state index contributed by atoms with van der Waals surface area (Å²) in [7, 11) is 0. The SMILES string of the molecule is N#CC1(Cn2ccc3cc(Cl)cc(-c4ccnc5cc(CN6C(=O)c7cccc(N)c7C6=O)sc45)c32)CCNCC1. The van der Waals surface area contributed by atoms with E-state index in [1.807, 2.05) is 36.5 Å². The number of hydrogen-bond acceptors (Lipinski definition) is 7. The lowest BCUT2D eigenvalue weighted by atomic mass is 9.80. The molecule has 0 saturated carbocycles. The van der Waals surface area contributed by atoms with Gasteiger partial charge >= 0.3 is 0 Å². The third kappa shape index (κ3) is 4.18. The highest BCUT2D eigenvalue weighted by atomic mass is 35.5. The first kappa shape index (κ1) is 25.7. The molecule has 0 bridgehead atoms. The number of pyridine rings is 1. The van der Waals surface area contributed by atoms with Crippen LogP contribution in [-0.2, 0) is 13.1 Å². The van der Waals surface area contributed by atoms with Crippen LogP contribution in [0.3, 0.4) is 0 Å². The molecule has 5 aromatic rings. The summed E-state index contributed by atoms with van der Waals surface area (Å²) in [6, 6.07) is 17.4. The van der Waals surface area contributed by atoms with Gasteiger partial charge in [0.2, 0.25) is 0 Å². The lowest BCUT2D eigenvalue weighted by molar-refractivity contribution is 0.0644. The molecule has 0 atom stereocenters. The molecule has 3 N–H and O–H groups in total. The number of amides is 2. The third-order valence-electron chi connectivity index (χ3n) is 8.19. The van der Waals surface area contributed by atoms with E-state index in [2.05, 4.69) is 20.9 Å². The molecule has 3 aromatic heterocycles. The van der Waals surface area contributed by atoms with Crippen LogP contribution in [0, 0.1) is 16.7 Å². The molecule has 2 aromatic carbocycles. The predicted molar refractivity (Wildman–Crippen MR) is 161 cm³/mol. The minimum Gasteiger partial charge on any atom is -0.398 e. The van der Waals surface area contributed by atoms with Crippen LogP contribution in [0.5, 0.6) is 0 Å². The Bertz CT molecular complexity index is 1930. The Balaban J connectivity index is 1.30. The average molecular weight is 581 g/mol. The number of nitrogens with one attached hydrogen (secondary N) is 1. The van der Waals surface area contributed by atoms with Crippen LogP contribution < -0.4 is 11.1 Å². The van der Waals surface area contributed by atoms with E-state index in [9.17, 15) is 14.9 Å². The van der Waals surface area contributed by atoms with Crippen LogP contribution in [0.4, 0.5) is 5.69 Å². The first-order chi connectivity index (χ1) is 19.9. The molecule has 7 rings (SSSR count). The molecular weight excluding hydrogens is 556 g/mol. The number of benzene rings is 2. The van der Waals surface area contributed by atoms with Gasteiger partial charge in [0, 0.05) is 51.0 Å². The average Bonchev–Trinajstić information content (AvgIpc) is 3.64. The molecule has 5 heterocycles. The second-order valence-electron chi connectivity index (χ2n) is 10.7. The van der Waals surface area contributed by atoms with Gasteiger partial charge in [0.05, 0.1) is 44.9 Å². The van der Waals surface area contributed by atoms with Gasteiger partial charge in [-0.25, -0.2) is 0 Å². The number of rotatable bonds is 5. The van der Waals surface area contributed by atoms with Gasteiger partial charge in [-0.05, 0) is 68.4 Å². The van der Waals surface area contributed by atoms with Crippen molar-refractivity contribution in [3.8, 4) is 17.2 Å². The lowest BCUT2D eigenvalue weighted by Gasteiger charge is -2.32. The van der Waals surface area contributed by atoms with Gasteiger partial charge in [-0.1, -0.05) is 17.7 Å². The molecule has 8 nitrogen and oxygen atoms in total. The van der Waals surface area contributed by atoms with E-state index in [1.54, 1.807) is 24.4 Å². The smallest absolute Gasteiger partial charge is 0.263 e. The Kier molecular flexibility index (Phi) is 6.08. The molecule has 2 amide bonds. The predicted octanol–water partition coefficient (Wildman–Crippen LogP) is 5.84. The van der Waals surface area contributed by atoms with Crippen molar-refractivity contribution in [2.75, 3.05) is 18.8 Å². The van der Waals surface area contributed by atoms with E-state index >= 15 is 0 Å². The first-order valence-corrected chi connectivity index (χ1v) is 14.6. The molecule has 1 saturated heterocycles. The summed E-state index contributed by atoms with van der Waals surface area (Å²) in [5.41, 5.74) is 10.2. The summed E-state index contributed by atoms with van der Waals surface area (Å²) < 4.78 is 3.12. The van der Waals surface area contributed by atoms with Crippen molar-refractivity contribution >= 4 is 61.6 Å². The van der Waals surface area contributed by atoms with Crippen LogP contribution in [0.15, 0.2) is 60.9 Å². The number of nitrogen functional groups attached to an aromatic ring is 1. The maximum absolute atomic E-state index is 13.1. The number of aromatic nitrogens is 2. The molecule has 0 radical (unpaired) electrons. The highest BCUT2D eigenvalue weighted by Gasteiger charge is 2.37. The van der Waals surface area contributed by atoms with Gasteiger partial charge in [0.1, 0.15) is 0 Å². The fraction of sp³-hybridized carbons (Fsp3) is 0.226. The number of halogens is 1. The van der Waals surface area contributed by atoms with Gasteiger partial charge in [0.15, 0.2) is 0 Å². The Labute approximate surface area is 244 Å². The Morgan fingerprint density at radius 1 is 1.07 bits per heavy atom. The van der Waals surface area contributed by atoms with Crippen LogP contribution in [0.25, 0.3) is 32.2 Å². The number of fused-ring (bicyclic) bond motifs is 3. The fourth-order valence-electron chi connectivity index (χ4n) is 6.12. The molecule has 204 valence electrons. The number of imide groups is 1. The number of hydrogen-bond donors (Lipinski definition) is 2. The maximum atomic E-state index is 13.1. The number of anilines is 1. The summed E-state index contributed by atoms with van der Waals surface area (Å²) in [5.74, 6) is -0.728. The molecule has 1 fully saturated rings. The highest BCUT2D eigenvalue weighted by molar-refractivity contribution is 7.19. The van der Waals surface area contributed by atoms with E-state index in [-0.39, 0.29) is 23.9 Å². The van der Waals surface area contributed by atoms with Crippen molar-refractivity contribution in [3.05, 3.63) is 82.0 Å². The lowest BCUT2D eigenvalue weighted by Crippen LogP contribution is -2.38. The molecule has 10 heteroatoms. The summed E-state index contributed by atoms with van der Waals surface area (Å²) >= 11 is 8.12. The minimum absolute atomic E-state index is 0.131. The topological polar surface area (TPSA) is 117 Å². The van der Waals surface area contributed by atoms with Crippen molar-refractivity contribution < 1.29 is 9.59 Å². The van der Waals surface area contributed by atoms with Crippen molar-refractivity contribution in [2.45, 2.75) is 25.9 Å². The fourth-order valence-corrected chi connectivity index (χ4v) is 7.48. The van der Waals surface area contributed by atoms with E-state index in [1.165, 1.54) is 16.2 Å². The van der Waals surface area contributed by atoms with Crippen LogP contribution >= 0.6 is 22.9 Å². The summed E-state index contributed by atoms with van der Waals surface area (Å²) in [5, 5.41) is 15.1. The monoisotopic (exact) mass is 580 g/mol. The first-order valence-electron chi connectivity index (χ1n) is 13.4. The molecule has 0 unspecified atom stereocenters. The summed E-state index contributed by atoms with van der Waals surface area (Å²) in [6.07, 6.45) is 5.39. The number of thiophene rings is 1. The maximum Gasteiger partial charge on any atom is 0.263 e. The number of carbonyl (C=O) groups excluding carboxylic acids is 2. The van der Waals surface area contributed by atoms with Gasteiger partial charge in [-0.15, -0.1) is 11.3 Å². The number of nitrogens with two attached hydrogens (primary N) is 1. The molecular formula is C31H25ClN6O2S. The Hall–Kier alpha value is -4.23. The van der Waals surface area contributed by atoms with Gasteiger partial charge < -0.3 is 15.6 Å². The van der Waals surface area contributed by atoms with E-state index in [4.69, 9.17) is 17.3 Å². The van der Waals surface area contributed by atoms with Gasteiger partial charge in [-0.3, -0.25) is 19.5 Å². The molecule has 41 heavy (non-hydrogen) atoms. The zero-order chi connectivity index (χ0) is 28.3. The number of nitriles is 1. The van der Waals surface area contributed by atoms with E-state index in [0.717, 1.165) is 63.1 Å². The summed E-state index contributed by atoms with van der Waals surface area (Å²) in [6.45, 7) is 2.38. The van der Waals surface area contributed by atoms with Crippen molar-refractivity contribution in [3.63, 3.8) is 0 Å². The molecule has 0 spiro atoms. The van der Waals surface area contributed by atoms with Crippen LogP contribution in [-0.4, -0.2) is 39.4 Å². The number of piperidine rings is 1. The highest BCUT2D eigenvalue weighted by Crippen LogP contribution is 2.41. The Morgan fingerprint density at radius 2 is 1.90 bits per heavy atom. The zero-order valence-electron chi connectivity index (χ0n) is 22.0. The van der Waals surface area contributed by atoms with Crippen molar-refractivity contribution in [1.82, 2.24) is 19.8 Å². The van der Waals surface area contributed by atoms with Crippen molar-refractivity contribution in [1.29, 1.82) is 5.26 Å². The minimum atomic E-state index is -0.437. The van der Waals surface area contributed by atoms with Crippen LogP contribution in [0.1, 0.15) is 38.4 Å². The quantitative estimate of drug-likeness (QED) is 0.199. The molecule has 0 aliphatic carbocycles. The van der Waals surface area contributed by atoms with E-state index in [0.29, 0.717) is 22.8 Å². The van der Waals surface area contributed by atoms with E-state index < -0.39 is 5.41 Å². The van der Waals surface area contributed by atoms with Crippen molar-refractivity contribution in [2.24, 2.45) is 5.41 Å². The molecule has 2 aliphatic heterocycles. The number of nitrogens with zero attached hydrogens (tertiary/aromatic N) is 4. The second-order valence-corrected chi connectivity index (χ2v) is 12.3. The second kappa shape index (κ2) is 9.70. The van der Waals surface area contributed by atoms with Crippen LogP contribution in [0.2, 0.25) is 5.02 Å². The summed E-state index contributed by atoms with van der Waals surface area (Å²) in [4.78, 5) is 32.9. The third-order valence-corrected chi connectivity index (χ3v) is 9.56. The van der Waals surface area contributed by atoms with Gasteiger partial charge in [0.25, 0.3) is 11.8 Å². The standard InChI is InChI=1S/C31H25ClN6O2S/c32-19-12-18-5-11-37(17-31(16-33)6-9-35-10-7-31)27(18)23(13-19)21-4-8-36-25-14-20(41-28(21)25)15-38-29(39)22-2-1-3-24(34)26(22)30(38)40/h1-5,8,11-14,35H,6-7,9-10,15,17,34H2. The normalized spacial score (nSPS) is 16.4. The largest absolute Gasteiger partial charge is 0.398 e. The molecule has 2 aliphatic rings.